The third-order valence-corrected chi connectivity index (χ3v) is 3.41. The number of carbonyl (C=O) groups is 1. The standard InChI is InChI=1S/C13H21F2N3O/c1-3-13(16,4-2)9-17-12(19)10-6-5-7-18(10)8-11(14)15/h5-7,11H,3-4,8-9,16H2,1-2H3,(H,17,19). The maximum Gasteiger partial charge on any atom is 0.267 e. The van der Waals surface area contributed by atoms with Crippen LogP contribution in [0, 0.1) is 0 Å². The van der Waals surface area contributed by atoms with Crippen LogP contribution in [0.25, 0.3) is 0 Å². The molecule has 0 radical (unpaired) electrons. The first-order chi connectivity index (χ1) is 8.91. The van der Waals surface area contributed by atoms with Crippen molar-refractivity contribution >= 4 is 5.91 Å². The van der Waals surface area contributed by atoms with Gasteiger partial charge in [0.1, 0.15) is 5.69 Å². The molecule has 0 spiro atoms. The number of hydrogen-bond acceptors (Lipinski definition) is 2. The summed E-state index contributed by atoms with van der Waals surface area (Å²) in [5.41, 5.74) is 5.86. The van der Waals surface area contributed by atoms with Gasteiger partial charge in [0, 0.05) is 18.3 Å². The largest absolute Gasteiger partial charge is 0.349 e. The van der Waals surface area contributed by atoms with Crippen molar-refractivity contribution in [2.75, 3.05) is 6.54 Å². The molecule has 3 N–H and O–H groups in total. The van der Waals surface area contributed by atoms with Gasteiger partial charge in [-0.3, -0.25) is 4.79 Å². The first-order valence-electron chi connectivity index (χ1n) is 6.42. The average Bonchev–Trinajstić information content (AvgIpc) is 2.83. The summed E-state index contributed by atoms with van der Waals surface area (Å²) < 4.78 is 26.0. The molecule has 0 atom stereocenters. The second-order valence-electron chi connectivity index (χ2n) is 4.69. The highest BCUT2D eigenvalue weighted by Crippen LogP contribution is 2.11. The smallest absolute Gasteiger partial charge is 0.267 e. The SMILES string of the molecule is CCC(N)(CC)CNC(=O)c1cccn1CC(F)F. The number of nitrogens with zero attached hydrogens (tertiary/aromatic N) is 1. The highest BCUT2D eigenvalue weighted by Gasteiger charge is 2.22. The Bertz CT molecular complexity index is 414. The Labute approximate surface area is 112 Å². The molecule has 1 heterocycles. The third kappa shape index (κ3) is 4.31. The molecule has 0 bridgehead atoms. The van der Waals surface area contributed by atoms with Crippen LogP contribution in [-0.2, 0) is 6.54 Å². The van der Waals surface area contributed by atoms with E-state index < -0.39 is 18.5 Å². The predicted molar refractivity (Wildman–Crippen MR) is 70.3 cm³/mol. The monoisotopic (exact) mass is 273 g/mol. The molecule has 4 nitrogen and oxygen atoms in total. The zero-order valence-electron chi connectivity index (χ0n) is 11.3. The zero-order chi connectivity index (χ0) is 14.5. The van der Waals surface area contributed by atoms with Crippen LogP contribution in [0.5, 0.6) is 0 Å². The number of aromatic nitrogens is 1. The van der Waals surface area contributed by atoms with E-state index in [9.17, 15) is 13.6 Å². The fraction of sp³-hybridized carbons (Fsp3) is 0.615. The zero-order valence-corrected chi connectivity index (χ0v) is 11.3. The molecular formula is C13H21F2N3O. The minimum atomic E-state index is -2.49. The van der Waals surface area contributed by atoms with E-state index in [4.69, 9.17) is 5.73 Å². The number of halogens is 2. The van der Waals surface area contributed by atoms with Gasteiger partial charge in [-0.15, -0.1) is 0 Å². The van der Waals surface area contributed by atoms with E-state index in [0.29, 0.717) is 6.54 Å². The number of amides is 1. The van der Waals surface area contributed by atoms with Gasteiger partial charge in [0.05, 0.1) is 6.54 Å². The highest BCUT2D eigenvalue weighted by molar-refractivity contribution is 5.92. The summed E-state index contributed by atoms with van der Waals surface area (Å²) in [7, 11) is 0. The number of rotatable bonds is 7. The fourth-order valence-electron chi connectivity index (χ4n) is 1.77. The first-order valence-corrected chi connectivity index (χ1v) is 6.42. The summed E-state index contributed by atoms with van der Waals surface area (Å²) in [5, 5.41) is 2.71. The Morgan fingerprint density at radius 3 is 2.63 bits per heavy atom. The number of nitrogens with one attached hydrogen (secondary N) is 1. The Balaban J connectivity index is 2.66. The lowest BCUT2D eigenvalue weighted by Crippen LogP contribution is -2.49. The van der Waals surface area contributed by atoms with Crippen molar-refractivity contribution in [2.24, 2.45) is 5.73 Å². The fourth-order valence-corrected chi connectivity index (χ4v) is 1.77. The maximum atomic E-state index is 12.4. The number of carbonyl (C=O) groups excluding carboxylic acids is 1. The molecule has 0 saturated heterocycles. The lowest BCUT2D eigenvalue weighted by Gasteiger charge is -2.26. The second kappa shape index (κ2) is 6.65. The molecule has 1 aromatic heterocycles. The molecule has 0 unspecified atom stereocenters. The molecule has 0 saturated carbocycles. The van der Waals surface area contributed by atoms with Crippen molar-refractivity contribution in [2.45, 2.75) is 45.2 Å². The lowest BCUT2D eigenvalue weighted by molar-refractivity contribution is 0.0919. The molecule has 1 rings (SSSR count). The van der Waals surface area contributed by atoms with Gasteiger partial charge < -0.3 is 15.6 Å². The van der Waals surface area contributed by atoms with E-state index in [2.05, 4.69) is 5.32 Å². The van der Waals surface area contributed by atoms with Gasteiger partial charge in [-0.1, -0.05) is 13.8 Å². The van der Waals surface area contributed by atoms with Gasteiger partial charge in [0.25, 0.3) is 12.3 Å². The number of hydrogen-bond donors (Lipinski definition) is 2. The van der Waals surface area contributed by atoms with Gasteiger partial charge >= 0.3 is 0 Å². The van der Waals surface area contributed by atoms with E-state index >= 15 is 0 Å². The summed E-state index contributed by atoms with van der Waals surface area (Å²) in [5.74, 6) is -0.373. The first kappa shape index (κ1) is 15.6. The van der Waals surface area contributed by atoms with Crippen LogP contribution in [0.15, 0.2) is 18.3 Å². The van der Waals surface area contributed by atoms with Crippen molar-refractivity contribution in [3.05, 3.63) is 24.0 Å². The van der Waals surface area contributed by atoms with Crippen molar-refractivity contribution < 1.29 is 13.6 Å². The van der Waals surface area contributed by atoms with Gasteiger partial charge in [-0.05, 0) is 25.0 Å². The quantitative estimate of drug-likeness (QED) is 0.798. The van der Waals surface area contributed by atoms with E-state index in [0.717, 1.165) is 12.8 Å². The average molecular weight is 273 g/mol. The Kier molecular flexibility index (Phi) is 5.47. The van der Waals surface area contributed by atoms with Crippen LogP contribution in [0.1, 0.15) is 37.2 Å². The molecular weight excluding hydrogens is 252 g/mol. The normalized spacial score (nSPS) is 11.9. The van der Waals surface area contributed by atoms with E-state index in [-0.39, 0.29) is 11.6 Å². The molecule has 6 heteroatoms. The minimum Gasteiger partial charge on any atom is -0.349 e. The summed E-state index contributed by atoms with van der Waals surface area (Å²) in [6.45, 7) is 3.76. The Morgan fingerprint density at radius 2 is 2.11 bits per heavy atom. The van der Waals surface area contributed by atoms with Crippen LogP contribution >= 0.6 is 0 Å². The predicted octanol–water partition coefficient (Wildman–Crippen LogP) is 2.00. The molecule has 108 valence electrons. The summed E-state index contributed by atoms with van der Waals surface area (Å²) in [6.07, 6.45) is 0.457. The molecule has 0 aromatic carbocycles. The molecule has 1 aromatic rings. The Hall–Kier alpha value is -1.43. The van der Waals surface area contributed by atoms with Crippen LogP contribution < -0.4 is 11.1 Å². The van der Waals surface area contributed by atoms with Crippen molar-refractivity contribution in [1.82, 2.24) is 9.88 Å². The van der Waals surface area contributed by atoms with Crippen LogP contribution in [-0.4, -0.2) is 29.0 Å². The Morgan fingerprint density at radius 1 is 1.47 bits per heavy atom. The number of nitrogens with two attached hydrogens (primary N) is 1. The topological polar surface area (TPSA) is 60.0 Å². The van der Waals surface area contributed by atoms with Crippen LogP contribution in [0.3, 0.4) is 0 Å². The van der Waals surface area contributed by atoms with Crippen molar-refractivity contribution in [3.63, 3.8) is 0 Å². The number of alkyl halides is 2. The van der Waals surface area contributed by atoms with E-state index in [1.54, 1.807) is 6.07 Å². The van der Waals surface area contributed by atoms with Crippen molar-refractivity contribution in [3.8, 4) is 0 Å². The molecule has 0 aliphatic rings. The molecule has 0 fully saturated rings. The summed E-state index contributed by atoms with van der Waals surface area (Å²) in [6, 6.07) is 3.10. The molecule has 0 aliphatic heterocycles. The van der Waals surface area contributed by atoms with Crippen molar-refractivity contribution in [1.29, 1.82) is 0 Å². The van der Waals surface area contributed by atoms with E-state index in [1.165, 1.54) is 16.8 Å². The van der Waals surface area contributed by atoms with Crippen LogP contribution in [0.2, 0.25) is 0 Å². The van der Waals surface area contributed by atoms with Gasteiger partial charge in [0.15, 0.2) is 0 Å². The highest BCUT2D eigenvalue weighted by atomic mass is 19.3. The third-order valence-electron chi connectivity index (χ3n) is 3.41. The maximum absolute atomic E-state index is 12.4. The summed E-state index contributed by atoms with van der Waals surface area (Å²) in [4.78, 5) is 12.0. The molecule has 19 heavy (non-hydrogen) atoms. The summed E-state index contributed by atoms with van der Waals surface area (Å²) >= 11 is 0. The minimum absolute atomic E-state index is 0.231. The van der Waals surface area contributed by atoms with Gasteiger partial charge in [-0.25, -0.2) is 8.78 Å². The van der Waals surface area contributed by atoms with Gasteiger partial charge in [0.2, 0.25) is 0 Å². The van der Waals surface area contributed by atoms with Crippen LogP contribution in [0.4, 0.5) is 8.78 Å². The molecule has 0 aliphatic carbocycles. The van der Waals surface area contributed by atoms with E-state index in [1.807, 2.05) is 13.8 Å². The van der Waals surface area contributed by atoms with Gasteiger partial charge in [-0.2, -0.15) is 0 Å². The molecule has 1 amide bonds. The lowest BCUT2D eigenvalue weighted by atomic mass is 9.94. The second-order valence-corrected chi connectivity index (χ2v) is 4.69.